The third-order valence-corrected chi connectivity index (χ3v) is 4.63. The third-order valence-electron chi connectivity index (χ3n) is 3.57. The molecule has 1 aliphatic heterocycles. The number of anilines is 1. The molecule has 2 aromatic rings. The number of phenols is 2. The summed E-state index contributed by atoms with van der Waals surface area (Å²) < 4.78 is 0.984. The van der Waals surface area contributed by atoms with E-state index in [1.54, 1.807) is 6.07 Å². The Morgan fingerprint density at radius 1 is 1.00 bits per heavy atom. The maximum Gasteiger partial charge on any atom is 0.335 e. The first-order chi connectivity index (χ1) is 12.3. The smallest absolute Gasteiger partial charge is 0.335 e. The summed E-state index contributed by atoms with van der Waals surface area (Å²) in [6.45, 7) is 0. The van der Waals surface area contributed by atoms with Crippen LogP contribution in [0.25, 0.3) is 6.08 Å². The van der Waals surface area contributed by atoms with Crippen molar-refractivity contribution in [1.82, 2.24) is 5.32 Å². The molecule has 0 unspecified atom stereocenters. The van der Waals surface area contributed by atoms with E-state index in [1.807, 2.05) is 0 Å². The highest BCUT2D eigenvalue weighted by Crippen LogP contribution is 2.34. The van der Waals surface area contributed by atoms with E-state index < -0.39 is 17.8 Å². The van der Waals surface area contributed by atoms with Crippen LogP contribution in [-0.2, 0) is 9.59 Å². The van der Waals surface area contributed by atoms with E-state index in [4.69, 9.17) is 0 Å². The van der Waals surface area contributed by atoms with Gasteiger partial charge < -0.3 is 10.2 Å². The number of halogens is 2. The minimum atomic E-state index is -0.900. The van der Waals surface area contributed by atoms with Gasteiger partial charge in [-0.3, -0.25) is 14.9 Å². The molecule has 3 N–H and O–H groups in total. The number of benzene rings is 2. The minimum absolute atomic E-state index is 0.0330. The molecule has 1 saturated heterocycles. The second kappa shape index (κ2) is 6.93. The minimum Gasteiger partial charge on any atom is -0.508 e. The number of nitrogens with zero attached hydrogens (tertiary/aromatic N) is 1. The summed E-state index contributed by atoms with van der Waals surface area (Å²) in [4.78, 5) is 37.7. The lowest BCUT2D eigenvalue weighted by molar-refractivity contribution is -0.122. The predicted molar refractivity (Wildman–Crippen MR) is 101 cm³/mol. The van der Waals surface area contributed by atoms with Crippen LogP contribution in [0.2, 0.25) is 0 Å². The summed E-state index contributed by atoms with van der Waals surface area (Å²) in [5.74, 6) is -1.91. The number of hydrogen-bond donors (Lipinski definition) is 3. The standard InChI is InChI=1S/C17H10Br2N2O5/c18-9-5-8(14(23)13(19)7-9)6-12-15(24)20-17(26)21(16(12)25)10-1-3-11(22)4-2-10/h1-7,22-23H,(H,20,24,26)/b12-6+. The molecule has 0 atom stereocenters. The number of urea groups is 1. The molecule has 4 amide bonds. The van der Waals surface area contributed by atoms with Crippen LogP contribution in [0.4, 0.5) is 10.5 Å². The highest BCUT2D eigenvalue weighted by molar-refractivity contribution is 9.11. The Balaban J connectivity index is 2.07. The lowest BCUT2D eigenvalue weighted by atomic mass is 10.1. The van der Waals surface area contributed by atoms with Gasteiger partial charge in [-0.05, 0) is 58.4 Å². The summed E-state index contributed by atoms with van der Waals surface area (Å²) in [5, 5.41) is 21.6. The van der Waals surface area contributed by atoms with Gasteiger partial charge in [-0.2, -0.15) is 0 Å². The van der Waals surface area contributed by atoms with Gasteiger partial charge in [0.05, 0.1) is 10.2 Å². The van der Waals surface area contributed by atoms with Gasteiger partial charge in [-0.25, -0.2) is 9.69 Å². The molecule has 3 rings (SSSR count). The molecule has 1 aliphatic rings. The van der Waals surface area contributed by atoms with Crippen LogP contribution in [0, 0.1) is 0 Å². The van der Waals surface area contributed by atoms with E-state index in [9.17, 15) is 24.6 Å². The molecule has 9 heteroatoms. The Bertz CT molecular complexity index is 970. The Kier molecular flexibility index (Phi) is 4.84. The SMILES string of the molecule is O=C1NC(=O)N(c2ccc(O)cc2)C(=O)/C1=C/c1cc(Br)cc(Br)c1O. The Labute approximate surface area is 164 Å². The Morgan fingerprint density at radius 2 is 1.65 bits per heavy atom. The van der Waals surface area contributed by atoms with Gasteiger partial charge >= 0.3 is 6.03 Å². The highest BCUT2D eigenvalue weighted by atomic mass is 79.9. The second-order valence-corrected chi connectivity index (χ2v) is 7.07. The molecule has 132 valence electrons. The number of rotatable bonds is 2. The van der Waals surface area contributed by atoms with Gasteiger partial charge in [0.25, 0.3) is 11.8 Å². The first-order valence-corrected chi connectivity index (χ1v) is 8.75. The van der Waals surface area contributed by atoms with Crippen molar-refractivity contribution < 1.29 is 24.6 Å². The number of carbonyl (C=O) groups is 3. The van der Waals surface area contributed by atoms with E-state index in [2.05, 4.69) is 37.2 Å². The maximum atomic E-state index is 12.7. The van der Waals surface area contributed by atoms with Gasteiger partial charge in [0, 0.05) is 10.0 Å². The largest absolute Gasteiger partial charge is 0.508 e. The van der Waals surface area contributed by atoms with Crippen molar-refractivity contribution in [3.63, 3.8) is 0 Å². The summed E-state index contributed by atoms with van der Waals surface area (Å²) in [6.07, 6.45) is 1.20. The first-order valence-electron chi connectivity index (χ1n) is 7.16. The van der Waals surface area contributed by atoms with E-state index in [0.717, 1.165) is 4.90 Å². The number of barbiturate groups is 1. The average molecular weight is 482 g/mol. The van der Waals surface area contributed by atoms with Gasteiger partial charge in [0.15, 0.2) is 0 Å². The molecule has 0 saturated carbocycles. The van der Waals surface area contributed by atoms with E-state index in [-0.39, 0.29) is 28.3 Å². The maximum absolute atomic E-state index is 12.7. The van der Waals surface area contributed by atoms with Crippen LogP contribution in [0.3, 0.4) is 0 Å². The molecule has 0 radical (unpaired) electrons. The highest BCUT2D eigenvalue weighted by Gasteiger charge is 2.37. The fourth-order valence-electron chi connectivity index (χ4n) is 2.35. The Morgan fingerprint density at radius 3 is 2.31 bits per heavy atom. The second-order valence-electron chi connectivity index (χ2n) is 5.30. The van der Waals surface area contributed by atoms with Crippen molar-refractivity contribution in [2.24, 2.45) is 0 Å². The lowest BCUT2D eigenvalue weighted by Gasteiger charge is -2.26. The molecule has 1 fully saturated rings. The van der Waals surface area contributed by atoms with Gasteiger partial charge in [-0.1, -0.05) is 15.9 Å². The van der Waals surface area contributed by atoms with Crippen molar-refractivity contribution in [2.45, 2.75) is 0 Å². The van der Waals surface area contributed by atoms with E-state index in [1.165, 1.54) is 36.4 Å². The molecule has 2 aromatic carbocycles. The summed E-state index contributed by atoms with van der Waals surface area (Å²) in [7, 11) is 0. The zero-order valence-corrected chi connectivity index (χ0v) is 16.0. The van der Waals surface area contributed by atoms with Crippen molar-refractivity contribution in [2.75, 3.05) is 4.90 Å². The van der Waals surface area contributed by atoms with Gasteiger partial charge in [0.1, 0.15) is 17.1 Å². The van der Waals surface area contributed by atoms with Crippen LogP contribution < -0.4 is 10.2 Å². The summed E-state index contributed by atoms with van der Waals surface area (Å²) >= 11 is 6.44. The first kappa shape index (κ1) is 18.2. The number of carbonyl (C=O) groups excluding carboxylic acids is 3. The molecule has 0 spiro atoms. The van der Waals surface area contributed by atoms with E-state index >= 15 is 0 Å². The fraction of sp³-hybridized carbons (Fsp3) is 0. The topological polar surface area (TPSA) is 107 Å². The van der Waals surface area contributed by atoms with Crippen molar-refractivity contribution >= 4 is 61.5 Å². The van der Waals surface area contributed by atoms with Crippen molar-refractivity contribution in [3.05, 3.63) is 56.5 Å². The van der Waals surface area contributed by atoms with Crippen molar-refractivity contribution in [1.29, 1.82) is 0 Å². The van der Waals surface area contributed by atoms with Crippen LogP contribution in [0.5, 0.6) is 11.5 Å². The van der Waals surface area contributed by atoms with Crippen LogP contribution in [0.15, 0.2) is 50.9 Å². The molecule has 26 heavy (non-hydrogen) atoms. The monoisotopic (exact) mass is 480 g/mol. The number of imide groups is 2. The predicted octanol–water partition coefficient (Wildman–Crippen LogP) is 3.29. The normalized spacial score (nSPS) is 16.2. The molecule has 0 aliphatic carbocycles. The average Bonchev–Trinajstić information content (AvgIpc) is 2.57. The molecule has 0 aromatic heterocycles. The zero-order valence-electron chi connectivity index (χ0n) is 12.9. The number of aromatic hydroxyl groups is 2. The number of amides is 4. The number of phenolic OH excluding ortho intramolecular Hbond substituents is 2. The van der Waals surface area contributed by atoms with Gasteiger partial charge in [0.2, 0.25) is 0 Å². The quantitative estimate of drug-likeness (QED) is 0.450. The molecular weight excluding hydrogens is 472 g/mol. The molecule has 1 heterocycles. The third kappa shape index (κ3) is 3.35. The molecule has 0 bridgehead atoms. The van der Waals surface area contributed by atoms with E-state index in [0.29, 0.717) is 8.95 Å². The number of hydrogen-bond acceptors (Lipinski definition) is 5. The molecule has 7 nitrogen and oxygen atoms in total. The summed E-state index contributed by atoms with van der Waals surface area (Å²) in [5.41, 5.74) is 0.0751. The van der Waals surface area contributed by atoms with Crippen LogP contribution >= 0.6 is 31.9 Å². The van der Waals surface area contributed by atoms with Crippen LogP contribution in [-0.4, -0.2) is 28.1 Å². The molecular formula is C17H10Br2N2O5. The van der Waals surface area contributed by atoms with Crippen LogP contribution in [0.1, 0.15) is 5.56 Å². The lowest BCUT2D eigenvalue weighted by Crippen LogP contribution is -2.54. The van der Waals surface area contributed by atoms with Crippen molar-refractivity contribution in [3.8, 4) is 11.5 Å². The number of nitrogens with one attached hydrogen (secondary N) is 1. The Hall–Kier alpha value is -2.65. The zero-order chi connectivity index (χ0) is 19.0. The fourth-order valence-corrected chi connectivity index (χ4v) is 3.60. The van der Waals surface area contributed by atoms with Gasteiger partial charge in [-0.15, -0.1) is 0 Å². The summed E-state index contributed by atoms with van der Waals surface area (Å²) in [6, 6.07) is 7.59.